The topological polar surface area (TPSA) is 61.8 Å². The van der Waals surface area contributed by atoms with Crippen LogP contribution in [-0.2, 0) is 4.74 Å². The van der Waals surface area contributed by atoms with Gasteiger partial charge in [0.2, 0.25) is 0 Å². The van der Waals surface area contributed by atoms with Gasteiger partial charge in [-0.25, -0.2) is 4.79 Å². The van der Waals surface area contributed by atoms with Crippen molar-refractivity contribution in [2.24, 2.45) is 0 Å². The maximum Gasteiger partial charge on any atom is 0.410 e. The van der Waals surface area contributed by atoms with Crippen molar-refractivity contribution in [1.82, 2.24) is 10.2 Å². The van der Waals surface area contributed by atoms with Crippen molar-refractivity contribution in [2.75, 3.05) is 19.6 Å². The Labute approximate surface area is 116 Å². The van der Waals surface area contributed by atoms with Crippen LogP contribution in [0.25, 0.3) is 0 Å². The number of carbonyl (C=O) groups is 1. The summed E-state index contributed by atoms with van der Waals surface area (Å²) in [6, 6.07) is 0.349. The van der Waals surface area contributed by atoms with Gasteiger partial charge in [0.25, 0.3) is 0 Å². The zero-order chi connectivity index (χ0) is 14.5. The Bertz CT molecular complexity index is 287. The van der Waals surface area contributed by atoms with E-state index in [1.807, 2.05) is 20.8 Å². The molecule has 1 amide bonds. The minimum atomic E-state index is -0.431. The zero-order valence-corrected chi connectivity index (χ0v) is 12.6. The van der Waals surface area contributed by atoms with Crippen LogP contribution in [0.2, 0.25) is 0 Å². The Hall–Kier alpha value is -0.810. The lowest BCUT2D eigenvalue weighted by atomic mass is 10.2. The lowest BCUT2D eigenvalue weighted by molar-refractivity contribution is 0.0291. The maximum atomic E-state index is 11.9. The monoisotopic (exact) mass is 272 g/mol. The largest absolute Gasteiger partial charge is 0.444 e. The van der Waals surface area contributed by atoms with E-state index in [-0.39, 0.29) is 12.2 Å². The second-order valence-electron chi connectivity index (χ2n) is 6.36. The van der Waals surface area contributed by atoms with Crippen molar-refractivity contribution in [3.05, 3.63) is 0 Å². The van der Waals surface area contributed by atoms with Gasteiger partial charge in [0.05, 0.1) is 6.10 Å². The summed E-state index contributed by atoms with van der Waals surface area (Å²) in [5.41, 5.74) is -0.431. The second kappa shape index (κ2) is 7.10. The first-order valence-electron chi connectivity index (χ1n) is 7.17. The molecule has 0 aromatic carbocycles. The van der Waals surface area contributed by atoms with E-state index in [0.717, 1.165) is 32.4 Å². The van der Waals surface area contributed by atoms with E-state index in [0.29, 0.717) is 12.6 Å². The summed E-state index contributed by atoms with van der Waals surface area (Å²) in [6.07, 6.45) is 2.29. The van der Waals surface area contributed by atoms with E-state index in [1.165, 1.54) is 0 Å². The number of carbonyl (C=O) groups excluding carboxylic acids is 1. The molecule has 2 atom stereocenters. The van der Waals surface area contributed by atoms with Gasteiger partial charge in [-0.3, -0.25) is 0 Å². The van der Waals surface area contributed by atoms with Gasteiger partial charge in [0.15, 0.2) is 0 Å². The third-order valence-electron chi connectivity index (χ3n) is 3.07. The van der Waals surface area contributed by atoms with Crippen molar-refractivity contribution in [3.63, 3.8) is 0 Å². The highest BCUT2D eigenvalue weighted by Crippen LogP contribution is 2.15. The molecule has 19 heavy (non-hydrogen) atoms. The molecule has 0 aromatic rings. The minimum absolute atomic E-state index is 0.221. The van der Waals surface area contributed by atoms with Crippen LogP contribution in [0.15, 0.2) is 0 Å². The number of hydrogen-bond donors (Lipinski definition) is 2. The van der Waals surface area contributed by atoms with Gasteiger partial charge in [-0.05, 0) is 53.5 Å². The van der Waals surface area contributed by atoms with Gasteiger partial charge >= 0.3 is 6.09 Å². The van der Waals surface area contributed by atoms with Crippen molar-refractivity contribution < 1.29 is 14.6 Å². The number of hydrogen-bond acceptors (Lipinski definition) is 4. The molecule has 1 aliphatic rings. The van der Waals surface area contributed by atoms with Gasteiger partial charge < -0.3 is 20.1 Å². The summed E-state index contributed by atoms with van der Waals surface area (Å²) in [7, 11) is 0. The standard InChI is InChI=1S/C14H28N2O3/c1-11(17)6-5-8-15-12-7-9-16(10-12)13(18)19-14(2,3)4/h11-12,15,17H,5-10H2,1-4H3. The van der Waals surface area contributed by atoms with Crippen LogP contribution in [0.5, 0.6) is 0 Å². The van der Waals surface area contributed by atoms with E-state index in [4.69, 9.17) is 4.74 Å². The SMILES string of the molecule is CC(O)CCCNC1CCN(C(=O)OC(C)(C)C)C1. The highest BCUT2D eigenvalue weighted by atomic mass is 16.6. The van der Waals surface area contributed by atoms with E-state index >= 15 is 0 Å². The van der Waals surface area contributed by atoms with Gasteiger partial charge in [0, 0.05) is 19.1 Å². The fraction of sp³-hybridized carbons (Fsp3) is 0.929. The number of nitrogens with zero attached hydrogens (tertiary/aromatic N) is 1. The average molecular weight is 272 g/mol. The summed E-state index contributed by atoms with van der Waals surface area (Å²) in [5.74, 6) is 0. The molecule has 0 spiro atoms. The molecule has 112 valence electrons. The molecule has 2 unspecified atom stereocenters. The van der Waals surface area contributed by atoms with Crippen LogP contribution in [0, 0.1) is 0 Å². The smallest absolute Gasteiger partial charge is 0.410 e. The van der Waals surface area contributed by atoms with E-state index in [2.05, 4.69) is 5.32 Å². The Balaban J connectivity index is 2.20. The van der Waals surface area contributed by atoms with Gasteiger partial charge in [-0.2, -0.15) is 0 Å². The number of rotatable bonds is 5. The second-order valence-corrected chi connectivity index (χ2v) is 6.36. The summed E-state index contributed by atoms with van der Waals surface area (Å²) in [5, 5.41) is 12.6. The summed E-state index contributed by atoms with van der Waals surface area (Å²) < 4.78 is 5.35. The van der Waals surface area contributed by atoms with Crippen LogP contribution in [0.3, 0.4) is 0 Å². The number of likely N-dealkylation sites (tertiary alicyclic amines) is 1. The van der Waals surface area contributed by atoms with E-state index in [9.17, 15) is 9.90 Å². The van der Waals surface area contributed by atoms with Gasteiger partial charge in [0.1, 0.15) is 5.60 Å². The fourth-order valence-corrected chi connectivity index (χ4v) is 2.12. The van der Waals surface area contributed by atoms with Crippen LogP contribution < -0.4 is 5.32 Å². The molecule has 0 bridgehead atoms. The van der Waals surface area contributed by atoms with Crippen LogP contribution in [-0.4, -0.2) is 53.5 Å². The molecule has 0 aliphatic carbocycles. The molecule has 1 aliphatic heterocycles. The first-order valence-corrected chi connectivity index (χ1v) is 7.17. The Kier molecular flexibility index (Phi) is 6.07. The highest BCUT2D eigenvalue weighted by molar-refractivity contribution is 5.68. The summed E-state index contributed by atoms with van der Waals surface area (Å²) in [4.78, 5) is 13.6. The number of ether oxygens (including phenoxy) is 1. The quantitative estimate of drug-likeness (QED) is 0.749. The molecule has 0 saturated carbocycles. The third-order valence-corrected chi connectivity index (χ3v) is 3.07. The molecule has 1 saturated heterocycles. The van der Waals surface area contributed by atoms with Crippen molar-refractivity contribution >= 4 is 6.09 Å². The van der Waals surface area contributed by atoms with Crippen molar-refractivity contribution in [3.8, 4) is 0 Å². The minimum Gasteiger partial charge on any atom is -0.444 e. The molecule has 5 heteroatoms. The lowest BCUT2D eigenvalue weighted by Crippen LogP contribution is -2.38. The first kappa shape index (κ1) is 16.2. The molecule has 0 radical (unpaired) electrons. The molecule has 1 fully saturated rings. The molecular weight excluding hydrogens is 244 g/mol. The van der Waals surface area contributed by atoms with E-state index in [1.54, 1.807) is 11.8 Å². The number of nitrogens with one attached hydrogen (secondary N) is 1. The van der Waals surface area contributed by atoms with Crippen molar-refractivity contribution in [2.45, 2.75) is 64.7 Å². The number of aliphatic hydroxyl groups is 1. The van der Waals surface area contributed by atoms with Crippen LogP contribution >= 0.6 is 0 Å². The lowest BCUT2D eigenvalue weighted by Gasteiger charge is -2.24. The summed E-state index contributed by atoms with van der Waals surface area (Å²) >= 11 is 0. The van der Waals surface area contributed by atoms with Crippen molar-refractivity contribution in [1.29, 1.82) is 0 Å². The molecule has 1 heterocycles. The molecule has 1 rings (SSSR count). The molecular formula is C14H28N2O3. The summed E-state index contributed by atoms with van der Waals surface area (Å²) in [6.45, 7) is 9.80. The third kappa shape index (κ3) is 6.78. The predicted octanol–water partition coefficient (Wildman–Crippen LogP) is 1.75. The number of amides is 1. The first-order chi connectivity index (χ1) is 8.78. The normalized spacial score (nSPS) is 21.5. The Morgan fingerprint density at radius 2 is 2.21 bits per heavy atom. The van der Waals surface area contributed by atoms with Gasteiger partial charge in [-0.1, -0.05) is 0 Å². The fourth-order valence-electron chi connectivity index (χ4n) is 2.12. The molecule has 5 nitrogen and oxygen atoms in total. The number of aliphatic hydroxyl groups excluding tert-OH is 1. The highest BCUT2D eigenvalue weighted by Gasteiger charge is 2.29. The Morgan fingerprint density at radius 3 is 2.79 bits per heavy atom. The molecule has 0 aromatic heterocycles. The Morgan fingerprint density at radius 1 is 1.53 bits per heavy atom. The molecule has 2 N–H and O–H groups in total. The van der Waals surface area contributed by atoms with Crippen LogP contribution in [0.1, 0.15) is 47.0 Å². The van der Waals surface area contributed by atoms with Gasteiger partial charge in [-0.15, -0.1) is 0 Å². The zero-order valence-electron chi connectivity index (χ0n) is 12.6. The maximum absolute atomic E-state index is 11.9. The van der Waals surface area contributed by atoms with E-state index < -0.39 is 5.60 Å². The van der Waals surface area contributed by atoms with Crippen LogP contribution in [0.4, 0.5) is 4.79 Å². The average Bonchev–Trinajstić information content (AvgIpc) is 2.70. The predicted molar refractivity (Wildman–Crippen MR) is 75.1 cm³/mol.